The zero-order valence-electron chi connectivity index (χ0n) is 17.2. The van der Waals surface area contributed by atoms with Gasteiger partial charge in [-0.25, -0.2) is 0 Å². The molecule has 3 aromatic rings. The van der Waals surface area contributed by atoms with E-state index in [-0.39, 0.29) is 11.6 Å². The summed E-state index contributed by atoms with van der Waals surface area (Å²) in [5.41, 5.74) is 1.75. The molecule has 30 heavy (non-hydrogen) atoms. The molecule has 5 heteroatoms. The Bertz CT molecular complexity index is 1070. The average Bonchev–Trinajstić information content (AvgIpc) is 3.50. The van der Waals surface area contributed by atoms with Crippen LogP contribution in [-0.4, -0.2) is 41.4 Å². The van der Waals surface area contributed by atoms with E-state index >= 15 is 0 Å². The van der Waals surface area contributed by atoms with Crippen molar-refractivity contribution in [2.75, 3.05) is 20.2 Å². The average molecular weight is 402 g/mol. The maximum Gasteiger partial charge on any atom is 0.243 e. The van der Waals surface area contributed by atoms with E-state index in [2.05, 4.69) is 34.1 Å². The Balaban J connectivity index is 1.27. The smallest absolute Gasteiger partial charge is 0.243 e. The fourth-order valence-corrected chi connectivity index (χ4v) is 6.10. The number of methoxy groups -OCH3 is 1. The molecule has 3 fully saturated rings. The lowest BCUT2D eigenvalue weighted by atomic mass is 9.85. The van der Waals surface area contributed by atoms with Crippen LogP contribution in [0.25, 0.3) is 11.0 Å². The fourth-order valence-electron chi connectivity index (χ4n) is 6.10. The van der Waals surface area contributed by atoms with Crippen molar-refractivity contribution < 1.29 is 13.9 Å². The molecule has 6 rings (SSSR count). The van der Waals surface area contributed by atoms with E-state index in [1.54, 1.807) is 7.11 Å². The minimum absolute atomic E-state index is 0.206. The number of benzene rings is 2. The van der Waals surface area contributed by atoms with Gasteiger partial charge >= 0.3 is 0 Å². The minimum Gasteiger partial charge on any atom is -0.497 e. The Labute approximate surface area is 176 Å². The highest BCUT2D eigenvalue weighted by atomic mass is 16.5. The van der Waals surface area contributed by atoms with Crippen LogP contribution in [-0.2, 0) is 11.3 Å². The number of ether oxygens (including phenoxy) is 1. The Morgan fingerprint density at radius 3 is 2.80 bits per heavy atom. The summed E-state index contributed by atoms with van der Waals surface area (Å²) in [6.45, 7) is 2.47. The number of carbonyl (C=O) groups is 1. The molecule has 3 saturated heterocycles. The van der Waals surface area contributed by atoms with Crippen molar-refractivity contribution >= 4 is 16.9 Å². The van der Waals surface area contributed by atoms with Crippen LogP contribution in [0.1, 0.15) is 36.6 Å². The predicted molar refractivity (Wildman–Crippen MR) is 114 cm³/mol. The van der Waals surface area contributed by atoms with Crippen molar-refractivity contribution in [3.63, 3.8) is 0 Å². The summed E-state index contributed by atoms with van der Waals surface area (Å²) in [5.74, 6) is 2.53. The van der Waals surface area contributed by atoms with Crippen LogP contribution >= 0.6 is 0 Å². The molecule has 1 aromatic heterocycles. The van der Waals surface area contributed by atoms with Gasteiger partial charge in [0.1, 0.15) is 22.6 Å². The molecule has 5 nitrogen and oxygen atoms in total. The summed E-state index contributed by atoms with van der Waals surface area (Å²) in [6, 6.07) is 18.6. The fraction of sp³-hybridized carbons (Fsp3) is 0.400. The van der Waals surface area contributed by atoms with Crippen LogP contribution in [0.2, 0.25) is 0 Å². The molecule has 154 valence electrons. The molecule has 0 unspecified atom stereocenters. The predicted octanol–water partition coefficient (Wildman–Crippen LogP) is 4.38. The van der Waals surface area contributed by atoms with E-state index in [4.69, 9.17) is 9.15 Å². The first-order valence-corrected chi connectivity index (χ1v) is 10.9. The summed E-state index contributed by atoms with van der Waals surface area (Å²) >= 11 is 0. The van der Waals surface area contributed by atoms with Crippen molar-refractivity contribution in [1.29, 1.82) is 0 Å². The molecule has 4 heterocycles. The first-order valence-electron chi connectivity index (χ1n) is 10.9. The Morgan fingerprint density at radius 2 is 2.00 bits per heavy atom. The van der Waals surface area contributed by atoms with Crippen molar-refractivity contribution in [3.8, 4) is 5.75 Å². The van der Waals surface area contributed by atoms with E-state index in [9.17, 15) is 4.79 Å². The number of rotatable bonds is 4. The monoisotopic (exact) mass is 402 g/mol. The Hall–Kier alpha value is -2.79. The number of amides is 1. The number of carbonyl (C=O) groups excluding carboxylic acids is 1. The van der Waals surface area contributed by atoms with Gasteiger partial charge in [0.15, 0.2) is 0 Å². The van der Waals surface area contributed by atoms with Crippen LogP contribution in [0.5, 0.6) is 5.75 Å². The van der Waals surface area contributed by atoms with E-state index in [1.807, 2.05) is 30.3 Å². The van der Waals surface area contributed by atoms with Gasteiger partial charge in [-0.3, -0.25) is 9.69 Å². The number of furan rings is 1. The van der Waals surface area contributed by atoms with E-state index in [1.165, 1.54) is 0 Å². The highest BCUT2D eigenvalue weighted by Gasteiger charge is 2.65. The van der Waals surface area contributed by atoms with E-state index < -0.39 is 0 Å². The topological polar surface area (TPSA) is 45.9 Å². The maximum absolute atomic E-state index is 13.7. The van der Waals surface area contributed by atoms with Gasteiger partial charge in [-0.05, 0) is 49.1 Å². The Kier molecular flexibility index (Phi) is 3.97. The molecular formula is C25H26N2O3. The number of fused-ring (bicyclic) bond motifs is 1. The third-order valence-electron chi connectivity index (χ3n) is 7.43. The largest absolute Gasteiger partial charge is 0.497 e. The van der Waals surface area contributed by atoms with Crippen LogP contribution in [0.15, 0.2) is 59.0 Å². The van der Waals surface area contributed by atoms with Gasteiger partial charge in [-0.1, -0.05) is 30.3 Å². The van der Waals surface area contributed by atoms with Gasteiger partial charge in [-0.15, -0.1) is 0 Å². The first-order chi connectivity index (χ1) is 14.7. The second-order valence-electron chi connectivity index (χ2n) is 8.89. The lowest BCUT2D eigenvalue weighted by Crippen LogP contribution is -2.49. The molecule has 0 radical (unpaired) electrons. The minimum atomic E-state index is -0.337. The molecule has 3 atom stereocenters. The van der Waals surface area contributed by atoms with Gasteiger partial charge in [0, 0.05) is 30.9 Å². The van der Waals surface area contributed by atoms with Gasteiger partial charge < -0.3 is 14.1 Å². The molecule has 0 aliphatic carbocycles. The molecule has 2 aromatic carbocycles. The van der Waals surface area contributed by atoms with Crippen LogP contribution in [0.4, 0.5) is 0 Å². The summed E-state index contributed by atoms with van der Waals surface area (Å²) < 4.78 is 11.5. The quantitative estimate of drug-likeness (QED) is 0.650. The van der Waals surface area contributed by atoms with Gasteiger partial charge in [0.25, 0.3) is 0 Å². The standard InChI is InChI=1S/C25H26N2O3/c1-29-20-9-7-17(8-10-20)15-26-16-19-14-21(27-12-4-11-25(19,27)24(26)28)23-13-18-5-2-3-6-22(18)30-23/h2-3,5-10,13,19,21H,4,11-12,14-16H2,1H3/t19-,21-,25-/m0/s1. The molecule has 0 bridgehead atoms. The zero-order valence-corrected chi connectivity index (χ0v) is 17.2. The van der Waals surface area contributed by atoms with Crippen molar-refractivity contribution in [3.05, 3.63) is 65.9 Å². The molecule has 0 saturated carbocycles. The van der Waals surface area contributed by atoms with E-state index in [0.717, 1.165) is 60.4 Å². The molecule has 1 amide bonds. The second kappa shape index (κ2) is 6.61. The molecular weight excluding hydrogens is 376 g/mol. The van der Waals surface area contributed by atoms with Gasteiger partial charge in [-0.2, -0.15) is 0 Å². The van der Waals surface area contributed by atoms with Gasteiger partial charge in [0.05, 0.1) is 13.2 Å². The number of hydrogen-bond donors (Lipinski definition) is 0. The van der Waals surface area contributed by atoms with Crippen LogP contribution < -0.4 is 4.74 Å². The SMILES string of the molecule is COc1ccc(CN2C[C@@H]3C[C@@H](c4cc5ccccc5o4)N4CCC[C@@]34C2=O)cc1. The summed E-state index contributed by atoms with van der Waals surface area (Å²) in [4.78, 5) is 18.2. The third-order valence-corrected chi connectivity index (χ3v) is 7.43. The first kappa shape index (κ1) is 18.0. The molecule has 0 N–H and O–H groups in total. The highest BCUT2D eigenvalue weighted by molar-refractivity contribution is 5.90. The second-order valence-corrected chi connectivity index (χ2v) is 8.89. The van der Waals surface area contributed by atoms with Crippen LogP contribution in [0.3, 0.4) is 0 Å². The number of hydrogen-bond acceptors (Lipinski definition) is 4. The number of nitrogens with zero attached hydrogens (tertiary/aromatic N) is 2. The summed E-state index contributed by atoms with van der Waals surface area (Å²) in [5, 5.41) is 1.14. The normalized spacial score (nSPS) is 28.3. The Morgan fingerprint density at radius 1 is 1.17 bits per heavy atom. The molecule has 1 spiro atoms. The molecule has 3 aliphatic heterocycles. The van der Waals surface area contributed by atoms with Crippen molar-refractivity contribution in [1.82, 2.24) is 9.80 Å². The van der Waals surface area contributed by atoms with Crippen molar-refractivity contribution in [2.24, 2.45) is 5.92 Å². The number of likely N-dealkylation sites (tertiary alicyclic amines) is 1. The zero-order chi connectivity index (χ0) is 20.3. The van der Waals surface area contributed by atoms with Crippen molar-refractivity contribution in [2.45, 2.75) is 37.4 Å². The number of para-hydroxylation sites is 1. The maximum atomic E-state index is 13.7. The molecule has 3 aliphatic rings. The lowest BCUT2D eigenvalue weighted by molar-refractivity contribution is -0.137. The summed E-state index contributed by atoms with van der Waals surface area (Å²) in [7, 11) is 1.67. The van der Waals surface area contributed by atoms with Gasteiger partial charge in [0.2, 0.25) is 5.91 Å². The summed E-state index contributed by atoms with van der Waals surface area (Å²) in [6.07, 6.45) is 3.03. The lowest BCUT2D eigenvalue weighted by Gasteiger charge is -2.32. The third kappa shape index (κ3) is 2.48. The highest BCUT2D eigenvalue weighted by Crippen LogP contribution is 2.56. The van der Waals surface area contributed by atoms with Crippen LogP contribution in [0, 0.1) is 5.92 Å². The van der Waals surface area contributed by atoms with E-state index in [0.29, 0.717) is 18.4 Å².